The average Bonchev–Trinajstić information content (AvgIpc) is 2.12. The highest BCUT2D eigenvalue weighted by molar-refractivity contribution is 5.78. The van der Waals surface area contributed by atoms with Crippen molar-refractivity contribution >= 4 is 5.91 Å². The zero-order valence-corrected chi connectivity index (χ0v) is 9.29. The second kappa shape index (κ2) is 6.79. The first kappa shape index (κ1) is 13.4. The highest BCUT2D eigenvalue weighted by atomic mass is 16.3. The summed E-state index contributed by atoms with van der Waals surface area (Å²) in [6.07, 6.45) is 0.232. The Hall–Kier alpha value is -0.610. The van der Waals surface area contributed by atoms with Gasteiger partial charge in [-0.2, -0.15) is 0 Å². The Morgan fingerprint density at radius 1 is 1.43 bits per heavy atom. The molecule has 0 bridgehead atoms. The van der Waals surface area contributed by atoms with E-state index in [1.807, 2.05) is 6.92 Å². The van der Waals surface area contributed by atoms with Gasteiger partial charge in [0.1, 0.15) is 0 Å². The van der Waals surface area contributed by atoms with E-state index in [0.29, 0.717) is 5.92 Å². The maximum atomic E-state index is 11.4. The van der Waals surface area contributed by atoms with Gasteiger partial charge >= 0.3 is 0 Å². The molecule has 0 aromatic heterocycles. The van der Waals surface area contributed by atoms with Crippen molar-refractivity contribution in [1.29, 1.82) is 0 Å². The Bertz CT molecular complexity index is 172. The van der Waals surface area contributed by atoms with Gasteiger partial charge in [0, 0.05) is 19.0 Å². The van der Waals surface area contributed by atoms with Crippen LogP contribution in [0.25, 0.3) is 0 Å². The number of amides is 1. The monoisotopic (exact) mass is 202 g/mol. The number of hydrogen-bond donors (Lipinski definition) is 3. The maximum absolute atomic E-state index is 11.4. The lowest BCUT2D eigenvalue weighted by Gasteiger charge is -2.15. The third-order valence-corrected chi connectivity index (χ3v) is 2.06. The molecule has 0 aliphatic carbocycles. The van der Waals surface area contributed by atoms with Crippen LogP contribution in [0.2, 0.25) is 0 Å². The van der Waals surface area contributed by atoms with Gasteiger partial charge in [-0.15, -0.1) is 0 Å². The summed E-state index contributed by atoms with van der Waals surface area (Å²) in [5.41, 5.74) is 5.21. The van der Waals surface area contributed by atoms with Gasteiger partial charge in [0.15, 0.2) is 0 Å². The molecule has 0 rings (SSSR count). The van der Waals surface area contributed by atoms with E-state index in [-0.39, 0.29) is 24.9 Å². The van der Waals surface area contributed by atoms with Gasteiger partial charge < -0.3 is 16.2 Å². The van der Waals surface area contributed by atoms with E-state index < -0.39 is 6.10 Å². The molecule has 0 radical (unpaired) electrons. The van der Waals surface area contributed by atoms with E-state index in [0.717, 1.165) is 6.42 Å². The summed E-state index contributed by atoms with van der Waals surface area (Å²) in [5, 5.41) is 11.8. The van der Waals surface area contributed by atoms with Crippen molar-refractivity contribution in [3.8, 4) is 0 Å². The zero-order chi connectivity index (χ0) is 11.1. The fraction of sp³-hybridized carbons (Fsp3) is 0.900. The van der Waals surface area contributed by atoms with Gasteiger partial charge in [0.2, 0.25) is 5.91 Å². The number of hydrogen-bond acceptors (Lipinski definition) is 3. The van der Waals surface area contributed by atoms with E-state index >= 15 is 0 Å². The lowest BCUT2D eigenvalue weighted by molar-refractivity contribution is -0.125. The molecule has 14 heavy (non-hydrogen) atoms. The molecule has 0 saturated carbocycles. The Balaban J connectivity index is 3.73. The third kappa shape index (κ3) is 5.94. The van der Waals surface area contributed by atoms with E-state index in [1.54, 1.807) is 0 Å². The van der Waals surface area contributed by atoms with Crippen LogP contribution in [0.3, 0.4) is 0 Å². The summed E-state index contributed by atoms with van der Waals surface area (Å²) in [4.78, 5) is 11.4. The van der Waals surface area contributed by atoms with Crippen LogP contribution in [0.1, 0.15) is 27.2 Å². The molecule has 0 aliphatic heterocycles. The fourth-order valence-corrected chi connectivity index (χ4v) is 1.29. The molecule has 0 aliphatic rings. The van der Waals surface area contributed by atoms with E-state index in [2.05, 4.69) is 19.2 Å². The van der Waals surface area contributed by atoms with Gasteiger partial charge in [-0.05, 0) is 12.3 Å². The molecule has 2 unspecified atom stereocenters. The first-order valence-electron chi connectivity index (χ1n) is 5.13. The van der Waals surface area contributed by atoms with E-state index in [1.165, 1.54) is 0 Å². The topological polar surface area (TPSA) is 75.3 Å². The number of carbonyl (C=O) groups excluding carboxylic acids is 1. The molecule has 0 spiro atoms. The highest BCUT2D eigenvalue weighted by Gasteiger charge is 2.14. The molecular weight excluding hydrogens is 180 g/mol. The van der Waals surface area contributed by atoms with Crippen LogP contribution in [0, 0.1) is 11.8 Å². The second-order valence-electron chi connectivity index (χ2n) is 4.17. The lowest BCUT2D eigenvalue weighted by atomic mass is 9.98. The highest BCUT2D eigenvalue weighted by Crippen LogP contribution is 2.10. The van der Waals surface area contributed by atoms with Gasteiger partial charge in [0.05, 0.1) is 6.10 Å². The van der Waals surface area contributed by atoms with Crippen molar-refractivity contribution in [2.45, 2.75) is 33.3 Å². The van der Waals surface area contributed by atoms with Crippen molar-refractivity contribution in [3.63, 3.8) is 0 Å². The molecule has 4 nitrogen and oxygen atoms in total. The van der Waals surface area contributed by atoms with Crippen molar-refractivity contribution < 1.29 is 9.90 Å². The van der Waals surface area contributed by atoms with Crippen LogP contribution in [0.15, 0.2) is 0 Å². The Morgan fingerprint density at radius 3 is 2.43 bits per heavy atom. The molecule has 2 atom stereocenters. The minimum Gasteiger partial charge on any atom is -0.390 e. The number of rotatable bonds is 6. The summed E-state index contributed by atoms with van der Waals surface area (Å²) < 4.78 is 0. The number of nitrogens with one attached hydrogen (secondary N) is 1. The molecule has 0 fully saturated rings. The first-order valence-corrected chi connectivity index (χ1v) is 5.13. The molecular formula is C10H22N2O2. The normalized spacial score (nSPS) is 15.3. The van der Waals surface area contributed by atoms with Crippen molar-refractivity contribution in [3.05, 3.63) is 0 Å². The Morgan fingerprint density at radius 2 is 2.00 bits per heavy atom. The molecule has 0 aromatic rings. The van der Waals surface area contributed by atoms with E-state index in [4.69, 9.17) is 10.8 Å². The van der Waals surface area contributed by atoms with Crippen molar-refractivity contribution in [2.75, 3.05) is 13.1 Å². The smallest absolute Gasteiger partial charge is 0.222 e. The summed E-state index contributed by atoms with van der Waals surface area (Å²) in [6.45, 7) is 6.48. The maximum Gasteiger partial charge on any atom is 0.222 e. The molecule has 84 valence electrons. The SMILES string of the molecule is CC(C)CC(C)C(=O)NCC(O)CN. The van der Waals surface area contributed by atoms with Crippen LogP contribution in [0.5, 0.6) is 0 Å². The number of carbonyl (C=O) groups is 1. The van der Waals surface area contributed by atoms with Crippen LogP contribution in [-0.2, 0) is 4.79 Å². The first-order chi connectivity index (χ1) is 6.47. The fourth-order valence-electron chi connectivity index (χ4n) is 1.29. The standard InChI is InChI=1S/C10H22N2O2/c1-7(2)4-8(3)10(14)12-6-9(13)5-11/h7-9,13H,4-6,11H2,1-3H3,(H,12,14). The quantitative estimate of drug-likeness (QED) is 0.572. The minimum absolute atomic E-state index is 0.0000236. The molecule has 0 heterocycles. The number of nitrogens with two attached hydrogens (primary N) is 1. The molecule has 4 heteroatoms. The zero-order valence-electron chi connectivity index (χ0n) is 9.29. The average molecular weight is 202 g/mol. The minimum atomic E-state index is -0.634. The summed E-state index contributed by atoms with van der Waals surface area (Å²) in [5.74, 6) is 0.501. The van der Waals surface area contributed by atoms with Crippen molar-refractivity contribution in [1.82, 2.24) is 5.32 Å². The largest absolute Gasteiger partial charge is 0.390 e. The summed E-state index contributed by atoms with van der Waals surface area (Å²) in [7, 11) is 0. The molecule has 0 saturated heterocycles. The summed E-state index contributed by atoms with van der Waals surface area (Å²) in [6, 6.07) is 0. The molecule has 4 N–H and O–H groups in total. The van der Waals surface area contributed by atoms with Crippen LogP contribution in [-0.4, -0.2) is 30.2 Å². The number of aliphatic hydroxyl groups is 1. The number of aliphatic hydroxyl groups excluding tert-OH is 1. The van der Waals surface area contributed by atoms with Gasteiger partial charge in [-0.3, -0.25) is 4.79 Å². The molecule has 0 aromatic carbocycles. The van der Waals surface area contributed by atoms with Crippen LogP contribution >= 0.6 is 0 Å². The van der Waals surface area contributed by atoms with Gasteiger partial charge in [-0.1, -0.05) is 20.8 Å². The van der Waals surface area contributed by atoms with Crippen molar-refractivity contribution in [2.24, 2.45) is 17.6 Å². The van der Waals surface area contributed by atoms with Gasteiger partial charge in [-0.25, -0.2) is 0 Å². The summed E-state index contributed by atoms with van der Waals surface area (Å²) >= 11 is 0. The Kier molecular flexibility index (Phi) is 6.49. The van der Waals surface area contributed by atoms with E-state index in [9.17, 15) is 4.79 Å². The third-order valence-electron chi connectivity index (χ3n) is 2.06. The lowest BCUT2D eigenvalue weighted by Crippen LogP contribution is -2.38. The van der Waals surface area contributed by atoms with Gasteiger partial charge in [0.25, 0.3) is 0 Å². The molecule has 1 amide bonds. The predicted molar refractivity (Wildman–Crippen MR) is 56.7 cm³/mol. The van der Waals surface area contributed by atoms with Crippen LogP contribution in [0.4, 0.5) is 0 Å². The predicted octanol–water partition coefficient (Wildman–Crippen LogP) is 0.104. The second-order valence-corrected chi connectivity index (χ2v) is 4.17. The Labute approximate surface area is 85.9 Å². The van der Waals surface area contributed by atoms with Crippen LogP contribution < -0.4 is 11.1 Å².